The van der Waals surface area contributed by atoms with Crippen LogP contribution in [0.4, 0.5) is 0 Å². The summed E-state index contributed by atoms with van der Waals surface area (Å²) in [5.74, 6) is 1.55. The number of rotatable bonds is 5. The molecule has 6 heteroatoms. The molecule has 1 aliphatic carbocycles. The van der Waals surface area contributed by atoms with Crippen LogP contribution in [-0.4, -0.2) is 24.3 Å². The first-order valence-electron chi connectivity index (χ1n) is 9.87. The molecule has 1 amide bonds. The number of halogens is 1. The van der Waals surface area contributed by atoms with Gasteiger partial charge in [0, 0.05) is 24.2 Å². The second-order valence-corrected chi connectivity index (χ2v) is 8.24. The van der Waals surface area contributed by atoms with Crippen LogP contribution in [0, 0.1) is 23.2 Å². The van der Waals surface area contributed by atoms with Gasteiger partial charge in [0.25, 0.3) is 5.91 Å². The lowest BCUT2D eigenvalue weighted by Gasteiger charge is -2.30. The molecule has 1 aromatic rings. The second kappa shape index (κ2) is 9.25. The highest BCUT2D eigenvalue weighted by Gasteiger charge is 2.25. The third kappa shape index (κ3) is 5.14. The number of aliphatic imine (C=N–C) groups is 1. The number of amides is 1. The highest BCUT2D eigenvalue weighted by Crippen LogP contribution is 2.27. The van der Waals surface area contributed by atoms with Crippen LogP contribution < -0.4 is 10.1 Å². The number of nitrogens with one attached hydrogen (secondary N) is 1. The molecule has 1 fully saturated rings. The van der Waals surface area contributed by atoms with Crippen LogP contribution in [0.2, 0.25) is 5.02 Å². The Labute approximate surface area is 171 Å². The standard InChI is InChI=1S/C22H26ClN3O2/c1-14(2)16-4-10-21(25-13-16)22(27)26-17-5-8-18(9-6-17)28-19-7-3-15(12-24)20(23)11-19/h3,7,10-11,13-14,16-18H,4-6,8-9H2,1-2H3,(H,26,27)/t16?,17-,18-. The number of allylic oxidation sites excluding steroid dienone is 1. The van der Waals surface area contributed by atoms with E-state index in [9.17, 15) is 4.79 Å². The van der Waals surface area contributed by atoms with Crippen molar-refractivity contribution in [2.24, 2.45) is 16.8 Å². The van der Waals surface area contributed by atoms with Crippen molar-refractivity contribution in [3.63, 3.8) is 0 Å². The van der Waals surface area contributed by atoms with Crippen molar-refractivity contribution >= 4 is 23.7 Å². The first kappa shape index (κ1) is 20.4. The van der Waals surface area contributed by atoms with Gasteiger partial charge in [-0.15, -0.1) is 0 Å². The van der Waals surface area contributed by atoms with E-state index < -0.39 is 0 Å². The van der Waals surface area contributed by atoms with Gasteiger partial charge in [0.05, 0.1) is 16.7 Å². The topological polar surface area (TPSA) is 74.5 Å². The minimum absolute atomic E-state index is 0.0818. The number of carbonyl (C=O) groups is 1. The van der Waals surface area contributed by atoms with Gasteiger partial charge in [-0.25, -0.2) is 0 Å². The SMILES string of the molecule is CC(C)C1C=NC(C(=O)N[C@H]2CC[C@H](Oc3ccc(C#N)c(Cl)c3)CC2)=CC1. The normalized spacial score (nSPS) is 24.4. The maximum atomic E-state index is 12.4. The van der Waals surface area contributed by atoms with E-state index in [1.54, 1.807) is 18.2 Å². The van der Waals surface area contributed by atoms with Crippen molar-refractivity contribution in [1.82, 2.24) is 5.32 Å². The highest BCUT2D eigenvalue weighted by atomic mass is 35.5. The fourth-order valence-corrected chi connectivity index (χ4v) is 3.78. The molecule has 3 rings (SSSR count). The van der Waals surface area contributed by atoms with Crippen molar-refractivity contribution in [3.05, 3.63) is 40.6 Å². The molecular weight excluding hydrogens is 374 g/mol. The average molecular weight is 400 g/mol. The number of ether oxygens (including phenoxy) is 1. The third-order valence-electron chi connectivity index (χ3n) is 5.45. The molecule has 1 unspecified atom stereocenters. The largest absolute Gasteiger partial charge is 0.490 e. The zero-order chi connectivity index (χ0) is 20.1. The Morgan fingerprint density at radius 1 is 1.32 bits per heavy atom. The van der Waals surface area contributed by atoms with Crippen LogP contribution in [0.25, 0.3) is 0 Å². The van der Waals surface area contributed by atoms with E-state index in [1.165, 1.54) is 0 Å². The van der Waals surface area contributed by atoms with Gasteiger partial charge in [-0.1, -0.05) is 31.5 Å². The molecule has 1 saturated carbocycles. The van der Waals surface area contributed by atoms with Crippen molar-refractivity contribution in [1.29, 1.82) is 5.26 Å². The third-order valence-corrected chi connectivity index (χ3v) is 5.76. The van der Waals surface area contributed by atoms with E-state index in [1.807, 2.05) is 18.4 Å². The van der Waals surface area contributed by atoms with Crippen molar-refractivity contribution in [3.8, 4) is 11.8 Å². The Hall–Kier alpha value is -2.32. The second-order valence-electron chi connectivity index (χ2n) is 7.83. The van der Waals surface area contributed by atoms with E-state index in [0.717, 1.165) is 32.1 Å². The molecule has 0 spiro atoms. The summed E-state index contributed by atoms with van der Waals surface area (Å²) in [6, 6.07) is 7.32. The predicted molar refractivity (Wildman–Crippen MR) is 111 cm³/mol. The van der Waals surface area contributed by atoms with Gasteiger partial charge in [0.2, 0.25) is 0 Å². The molecule has 0 bridgehead atoms. The van der Waals surface area contributed by atoms with Gasteiger partial charge < -0.3 is 10.1 Å². The molecule has 1 aromatic carbocycles. The summed E-state index contributed by atoms with van der Waals surface area (Å²) in [4.78, 5) is 16.8. The molecule has 5 nitrogen and oxygen atoms in total. The summed E-state index contributed by atoms with van der Waals surface area (Å²) in [5.41, 5.74) is 0.974. The maximum absolute atomic E-state index is 12.4. The Morgan fingerprint density at radius 2 is 2.07 bits per heavy atom. The Kier molecular flexibility index (Phi) is 6.74. The van der Waals surface area contributed by atoms with E-state index in [-0.39, 0.29) is 18.1 Å². The summed E-state index contributed by atoms with van der Waals surface area (Å²) in [5, 5.41) is 12.5. The summed E-state index contributed by atoms with van der Waals surface area (Å²) in [6.45, 7) is 4.34. The fraction of sp³-hybridized carbons (Fsp3) is 0.500. The monoisotopic (exact) mass is 399 g/mol. The first-order chi connectivity index (χ1) is 13.5. The Balaban J connectivity index is 1.45. The number of nitriles is 1. The molecule has 0 saturated heterocycles. The average Bonchev–Trinajstić information content (AvgIpc) is 2.69. The van der Waals surface area contributed by atoms with Gasteiger partial charge in [0.1, 0.15) is 17.5 Å². The van der Waals surface area contributed by atoms with E-state index in [0.29, 0.717) is 33.9 Å². The molecular formula is C22H26ClN3O2. The smallest absolute Gasteiger partial charge is 0.269 e. The van der Waals surface area contributed by atoms with Gasteiger partial charge in [-0.05, 0) is 50.2 Å². The zero-order valence-corrected chi connectivity index (χ0v) is 17.1. The van der Waals surface area contributed by atoms with Crippen LogP contribution in [0.15, 0.2) is 35.0 Å². The number of carbonyl (C=O) groups excluding carboxylic acids is 1. The molecule has 1 atom stereocenters. The molecule has 148 valence electrons. The van der Waals surface area contributed by atoms with Crippen LogP contribution in [0.3, 0.4) is 0 Å². The number of hydrogen-bond acceptors (Lipinski definition) is 4. The quantitative estimate of drug-likeness (QED) is 0.783. The van der Waals surface area contributed by atoms with Gasteiger partial charge >= 0.3 is 0 Å². The Bertz CT molecular complexity index is 818. The minimum atomic E-state index is -0.0818. The van der Waals surface area contributed by atoms with E-state index in [2.05, 4.69) is 24.2 Å². The molecule has 1 N–H and O–H groups in total. The van der Waals surface area contributed by atoms with Gasteiger partial charge in [-0.3, -0.25) is 9.79 Å². The molecule has 1 aliphatic heterocycles. The summed E-state index contributed by atoms with van der Waals surface area (Å²) >= 11 is 6.06. The van der Waals surface area contributed by atoms with Crippen LogP contribution in [0.1, 0.15) is 51.5 Å². The Morgan fingerprint density at radius 3 is 2.64 bits per heavy atom. The maximum Gasteiger partial charge on any atom is 0.269 e. The van der Waals surface area contributed by atoms with Crippen molar-refractivity contribution < 1.29 is 9.53 Å². The van der Waals surface area contributed by atoms with Gasteiger partial charge in [0.15, 0.2) is 0 Å². The van der Waals surface area contributed by atoms with Crippen molar-refractivity contribution in [2.45, 2.75) is 58.1 Å². The fourth-order valence-electron chi connectivity index (χ4n) is 3.57. The van der Waals surface area contributed by atoms with Crippen molar-refractivity contribution in [2.75, 3.05) is 0 Å². The number of nitrogens with zero attached hydrogens (tertiary/aromatic N) is 2. The molecule has 2 aliphatic rings. The molecule has 28 heavy (non-hydrogen) atoms. The molecule has 1 heterocycles. The molecule has 0 aromatic heterocycles. The van der Waals surface area contributed by atoms with Crippen LogP contribution in [-0.2, 0) is 4.79 Å². The minimum Gasteiger partial charge on any atom is -0.490 e. The van der Waals surface area contributed by atoms with Crippen LogP contribution in [0.5, 0.6) is 5.75 Å². The first-order valence-corrected chi connectivity index (χ1v) is 10.3. The lowest BCUT2D eigenvalue weighted by molar-refractivity contribution is -0.118. The van der Waals surface area contributed by atoms with E-state index in [4.69, 9.17) is 21.6 Å². The number of benzene rings is 1. The predicted octanol–water partition coefficient (Wildman–Crippen LogP) is 4.65. The summed E-state index contributed by atoms with van der Waals surface area (Å²) < 4.78 is 6.00. The lowest BCUT2D eigenvalue weighted by Crippen LogP contribution is -2.40. The lowest BCUT2D eigenvalue weighted by atomic mass is 9.91. The van der Waals surface area contributed by atoms with Crippen LogP contribution >= 0.6 is 11.6 Å². The van der Waals surface area contributed by atoms with E-state index >= 15 is 0 Å². The number of hydrogen-bond donors (Lipinski definition) is 1. The summed E-state index contributed by atoms with van der Waals surface area (Å²) in [6.07, 6.45) is 8.28. The highest BCUT2D eigenvalue weighted by molar-refractivity contribution is 6.31. The molecule has 0 radical (unpaired) electrons. The zero-order valence-electron chi connectivity index (χ0n) is 16.3. The van der Waals surface area contributed by atoms with Gasteiger partial charge in [-0.2, -0.15) is 5.26 Å². The summed E-state index contributed by atoms with van der Waals surface area (Å²) in [7, 11) is 0.